The first kappa shape index (κ1) is 6.22. The van der Waals surface area contributed by atoms with Crippen LogP contribution in [0.1, 0.15) is 0 Å². The van der Waals surface area contributed by atoms with Gasteiger partial charge in [0.1, 0.15) is 5.82 Å². The van der Waals surface area contributed by atoms with Crippen LogP contribution in [0.2, 0.25) is 0 Å². The summed E-state index contributed by atoms with van der Waals surface area (Å²) in [5.41, 5.74) is 6.82. The van der Waals surface area contributed by atoms with E-state index >= 15 is 0 Å². The van der Waals surface area contributed by atoms with Crippen LogP contribution in [0.5, 0.6) is 0 Å². The number of nitrogen functional groups attached to an aromatic ring is 1. The van der Waals surface area contributed by atoms with Crippen LogP contribution in [0.15, 0.2) is 24.4 Å². The number of nitrogens with two attached hydrogens (primary N) is 1. The average molecular weight is 150 g/mol. The maximum atomic E-state index is 12.9. The second kappa shape index (κ2) is 1.99. The van der Waals surface area contributed by atoms with Crippen molar-refractivity contribution in [2.45, 2.75) is 0 Å². The van der Waals surface area contributed by atoms with Gasteiger partial charge in [-0.25, -0.2) is 4.39 Å². The molecule has 0 bridgehead atoms. The minimum atomic E-state index is -0.240. The van der Waals surface area contributed by atoms with Gasteiger partial charge in [-0.3, -0.25) is 0 Å². The highest BCUT2D eigenvalue weighted by atomic mass is 19.1. The molecule has 1 aromatic heterocycles. The molecule has 3 heteroatoms. The number of nitrogens with one attached hydrogen (secondary N) is 1. The van der Waals surface area contributed by atoms with E-state index in [1.54, 1.807) is 18.3 Å². The van der Waals surface area contributed by atoms with Crippen LogP contribution in [0.4, 0.5) is 10.1 Å². The average Bonchev–Trinajstić information content (AvgIpc) is 2.45. The van der Waals surface area contributed by atoms with Gasteiger partial charge in [0.25, 0.3) is 0 Å². The molecule has 0 aliphatic heterocycles. The number of H-pyrrole nitrogens is 1. The fourth-order valence-corrected chi connectivity index (χ4v) is 1.14. The third kappa shape index (κ3) is 0.774. The first-order chi connectivity index (χ1) is 5.29. The van der Waals surface area contributed by atoms with Gasteiger partial charge < -0.3 is 10.7 Å². The minimum Gasteiger partial charge on any atom is -0.397 e. The molecule has 0 saturated carbocycles. The second-order valence-electron chi connectivity index (χ2n) is 2.40. The van der Waals surface area contributed by atoms with Gasteiger partial charge in [-0.05, 0) is 18.2 Å². The molecule has 56 valence electrons. The lowest BCUT2D eigenvalue weighted by molar-refractivity contribution is 0.640. The monoisotopic (exact) mass is 150 g/mol. The van der Waals surface area contributed by atoms with Crippen molar-refractivity contribution in [1.82, 2.24) is 4.98 Å². The van der Waals surface area contributed by atoms with E-state index in [9.17, 15) is 4.39 Å². The number of hydrogen-bond acceptors (Lipinski definition) is 1. The summed E-state index contributed by atoms with van der Waals surface area (Å²) in [7, 11) is 0. The van der Waals surface area contributed by atoms with Gasteiger partial charge in [0.05, 0.1) is 11.2 Å². The Morgan fingerprint density at radius 3 is 2.82 bits per heavy atom. The van der Waals surface area contributed by atoms with Crippen LogP contribution in [0.25, 0.3) is 10.9 Å². The Morgan fingerprint density at radius 1 is 1.27 bits per heavy atom. The summed E-state index contributed by atoms with van der Waals surface area (Å²) in [5, 5.41) is 0.546. The van der Waals surface area contributed by atoms with Gasteiger partial charge in [-0.15, -0.1) is 0 Å². The standard InChI is InChI=1S/C8H7FN2/c9-6-1-2-7(10)8-5(6)3-4-11-8/h1-4,11H,10H2. The third-order valence-electron chi connectivity index (χ3n) is 1.70. The van der Waals surface area contributed by atoms with Crippen LogP contribution in [0.3, 0.4) is 0 Å². The van der Waals surface area contributed by atoms with Crippen LogP contribution in [-0.2, 0) is 0 Å². The summed E-state index contributed by atoms with van der Waals surface area (Å²) in [6.45, 7) is 0. The van der Waals surface area contributed by atoms with Crippen molar-refractivity contribution >= 4 is 16.6 Å². The topological polar surface area (TPSA) is 41.8 Å². The van der Waals surface area contributed by atoms with Crippen LogP contribution in [-0.4, -0.2) is 4.98 Å². The first-order valence-corrected chi connectivity index (χ1v) is 3.30. The third-order valence-corrected chi connectivity index (χ3v) is 1.70. The van der Waals surface area contributed by atoms with Gasteiger partial charge in [-0.2, -0.15) is 0 Å². The van der Waals surface area contributed by atoms with Crippen LogP contribution in [0, 0.1) is 5.82 Å². The second-order valence-corrected chi connectivity index (χ2v) is 2.40. The highest BCUT2D eigenvalue weighted by molar-refractivity contribution is 5.90. The zero-order valence-electron chi connectivity index (χ0n) is 5.76. The van der Waals surface area contributed by atoms with Gasteiger partial charge in [0, 0.05) is 11.6 Å². The molecule has 2 aromatic rings. The molecule has 2 nitrogen and oxygen atoms in total. The largest absolute Gasteiger partial charge is 0.397 e. The number of benzene rings is 1. The lowest BCUT2D eigenvalue weighted by atomic mass is 10.2. The zero-order chi connectivity index (χ0) is 7.84. The summed E-state index contributed by atoms with van der Waals surface area (Å²) < 4.78 is 12.9. The fraction of sp³-hybridized carbons (Fsp3) is 0. The van der Waals surface area contributed by atoms with Crippen molar-refractivity contribution < 1.29 is 4.39 Å². The lowest BCUT2D eigenvalue weighted by Gasteiger charge is -1.95. The number of aromatic nitrogens is 1. The molecule has 0 unspecified atom stereocenters. The minimum absolute atomic E-state index is 0.240. The Hall–Kier alpha value is -1.51. The van der Waals surface area contributed by atoms with Crippen molar-refractivity contribution in [3.05, 3.63) is 30.2 Å². The number of fused-ring (bicyclic) bond motifs is 1. The Balaban J connectivity index is 2.96. The molecular weight excluding hydrogens is 143 g/mol. The Labute approximate surface area is 62.8 Å². The Morgan fingerprint density at radius 2 is 2.09 bits per heavy atom. The summed E-state index contributed by atoms with van der Waals surface area (Å²) in [6.07, 6.45) is 1.67. The van der Waals surface area contributed by atoms with Crippen molar-refractivity contribution in [1.29, 1.82) is 0 Å². The highest BCUT2D eigenvalue weighted by Gasteiger charge is 2.02. The summed E-state index contributed by atoms with van der Waals surface area (Å²) in [6, 6.07) is 4.58. The van der Waals surface area contributed by atoms with Gasteiger partial charge >= 0.3 is 0 Å². The Bertz CT molecular complexity index is 356. The number of rotatable bonds is 0. The first-order valence-electron chi connectivity index (χ1n) is 3.30. The van der Waals surface area contributed by atoms with E-state index in [0.717, 1.165) is 0 Å². The van der Waals surface area contributed by atoms with Crippen molar-refractivity contribution in [3.8, 4) is 0 Å². The number of anilines is 1. The molecule has 0 saturated heterocycles. The predicted molar refractivity (Wildman–Crippen MR) is 42.7 cm³/mol. The van der Waals surface area contributed by atoms with Crippen molar-refractivity contribution in [2.75, 3.05) is 5.73 Å². The normalized spacial score (nSPS) is 10.6. The van der Waals surface area contributed by atoms with Gasteiger partial charge in [0.15, 0.2) is 0 Å². The van der Waals surface area contributed by atoms with E-state index < -0.39 is 0 Å². The highest BCUT2D eigenvalue weighted by Crippen LogP contribution is 2.21. The molecule has 1 heterocycles. The van der Waals surface area contributed by atoms with E-state index in [-0.39, 0.29) is 5.82 Å². The van der Waals surface area contributed by atoms with Gasteiger partial charge in [-0.1, -0.05) is 0 Å². The molecule has 0 amide bonds. The molecule has 2 rings (SSSR count). The lowest BCUT2D eigenvalue weighted by Crippen LogP contribution is -1.87. The van der Waals surface area contributed by atoms with Crippen molar-refractivity contribution in [2.24, 2.45) is 0 Å². The maximum Gasteiger partial charge on any atom is 0.132 e. The number of aromatic amines is 1. The molecule has 0 atom stereocenters. The maximum absolute atomic E-state index is 12.9. The number of hydrogen-bond donors (Lipinski definition) is 2. The molecule has 11 heavy (non-hydrogen) atoms. The molecule has 0 fully saturated rings. The van der Waals surface area contributed by atoms with E-state index in [0.29, 0.717) is 16.6 Å². The molecule has 0 aliphatic carbocycles. The van der Waals surface area contributed by atoms with Crippen LogP contribution >= 0.6 is 0 Å². The smallest absolute Gasteiger partial charge is 0.132 e. The molecule has 1 aromatic carbocycles. The van der Waals surface area contributed by atoms with Crippen molar-refractivity contribution in [3.63, 3.8) is 0 Å². The zero-order valence-corrected chi connectivity index (χ0v) is 5.76. The van der Waals surface area contributed by atoms with E-state index in [1.165, 1.54) is 6.07 Å². The molecule has 0 aliphatic rings. The fourth-order valence-electron chi connectivity index (χ4n) is 1.14. The van der Waals surface area contributed by atoms with Gasteiger partial charge in [0.2, 0.25) is 0 Å². The van der Waals surface area contributed by atoms with E-state index in [2.05, 4.69) is 4.98 Å². The summed E-state index contributed by atoms with van der Waals surface area (Å²) in [4.78, 5) is 2.86. The molecule has 0 radical (unpaired) electrons. The molecule has 0 spiro atoms. The van der Waals surface area contributed by atoms with E-state index in [1.807, 2.05) is 0 Å². The van der Waals surface area contributed by atoms with Crippen LogP contribution < -0.4 is 5.73 Å². The quantitative estimate of drug-likeness (QED) is 0.553. The Kier molecular flexibility index (Phi) is 1.12. The number of halogens is 1. The predicted octanol–water partition coefficient (Wildman–Crippen LogP) is 1.89. The SMILES string of the molecule is Nc1ccc(F)c2cc[nH]c12. The summed E-state index contributed by atoms with van der Waals surface area (Å²) >= 11 is 0. The van der Waals surface area contributed by atoms with E-state index in [4.69, 9.17) is 5.73 Å². The molecular formula is C8H7FN2. The molecule has 3 N–H and O–H groups in total. The summed E-state index contributed by atoms with van der Waals surface area (Å²) in [5.74, 6) is -0.240.